The van der Waals surface area contributed by atoms with Crippen LogP contribution in [-0.2, 0) is 16.6 Å². The lowest BCUT2D eigenvalue weighted by molar-refractivity contribution is 0.0341. The van der Waals surface area contributed by atoms with Gasteiger partial charge in [-0.2, -0.15) is 0 Å². The topological polar surface area (TPSA) is 99.2 Å². The lowest BCUT2D eigenvalue weighted by atomic mass is 9.99. The van der Waals surface area contributed by atoms with Gasteiger partial charge in [0.1, 0.15) is 16.1 Å². The van der Waals surface area contributed by atoms with E-state index in [4.69, 9.17) is 4.74 Å². The largest absolute Gasteiger partial charge is 0.488 e. The van der Waals surface area contributed by atoms with Gasteiger partial charge in [0.15, 0.2) is 0 Å². The summed E-state index contributed by atoms with van der Waals surface area (Å²) >= 11 is 1.12. The molecule has 3 atom stereocenters. The molecule has 1 aromatic heterocycles. The van der Waals surface area contributed by atoms with Crippen molar-refractivity contribution in [1.29, 1.82) is 0 Å². The molecule has 43 heavy (non-hydrogen) atoms. The van der Waals surface area contributed by atoms with Crippen LogP contribution in [-0.4, -0.2) is 68.1 Å². The Labute approximate surface area is 257 Å². The van der Waals surface area contributed by atoms with Gasteiger partial charge in [0, 0.05) is 31.2 Å². The third-order valence-corrected chi connectivity index (χ3v) is 10.5. The first-order valence-electron chi connectivity index (χ1n) is 14.3. The lowest BCUT2D eigenvalue weighted by Gasteiger charge is -2.38. The first-order chi connectivity index (χ1) is 20.6. The van der Waals surface area contributed by atoms with Crippen LogP contribution in [0.3, 0.4) is 0 Å². The first-order valence-corrected chi connectivity index (χ1v) is 16.6. The van der Waals surface area contributed by atoms with Crippen LogP contribution in [0, 0.1) is 5.92 Å². The molecule has 10 heteroatoms. The predicted octanol–water partition coefficient (Wildman–Crippen LogP) is 5.57. The van der Waals surface area contributed by atoms with Crippen molar-refractivity contribution < 1.29 is 23.1 Å². The summed E-state index contributed by atoms with van der Waals surface area (Å²) in [5, 5.41) is 11.7. The number of sulfonamides is 1. The Balaban J connectivity index is 1.36. The molecule has 0 saturated heterocycles. The van der Waals surface area contributed by atoms with E-state index in [1.54, 1.807) is 35.4 Å². The zero-order valence-electron chi connectivity index (χ0n) is 24.5. The fourth-order valence-electron chi connectivity index (χ4n) is 5.24. The number of aliphatic hydroxyl groups excluding tert-OH is 1. The second kappa shape index (κ2) is 13.3. The number of carbonyl (C=O) groups is 1. The molecule has 226 valence electrons. The van der Waals surface area contributed by atoms with Crippen LogP contribution < -0.4 is 9.46 Å². The van der Waals surface area contributed by atoms with Gasteiger partial charge in [-0.25, -0.2) is 8.42 Å². The zero-order chi connectivity index (χ0) is 30.6. The number of rotatable bonds is 10. The van der Waals surface area contributed by atoms with Gasteiger partial charge in [0.2, 0.25) is 0 Å². The van der Waals surface area contributed by atoms with Gasteiger partial charge in [-0.15, -0.1) is 11.3 Å². The monoisotopic (exact) mass is 619 g/mol. The van der Waals surface area contributed by atoms with Crippen LogP contribution in [0.15, 0.2) is 94.5 Å². The maximum Gasteiger partial charge on any atom is 0.271 e. The van der Waals surface area contributed by atoms with Crippen molar-refractivity contribution in [2.45, 2.75) is 36.7 Å². The molecule has 0 radical (unpaired) electrons. The molecule has 0 spiro atoms. The van der Waals surface area contributed by atoms with Crippen LogP contribution in [0.25, 0.3) is 11.1 Å². The number of hydrogen-bond acceptors (Lipinski definition) is 7. The minimum Gasteiger partial charge on any atom is -0.488 e. The van der Waals surface area contributed by atoms with E-state index < -0.39 is 16.1 Å². The van der Waals surface area contributed by atoms with E-state index in [0.717, 1.165) is 11.3 Å². The second-order valence-corrected chi connectivity index (χ2v) is 14.0. The number of fused-ring (bicyclic) bond motifs is 1. The van der Waals surface area contributed by atoms with Crippen LogP contribution in [0.1, 0.15) is 29.8 Å². The first kappa shape index (κ1) is 30.7. The van der Waals surface area contributed by atoms with E-state index >= 15 is 0 Å². The summed E-state index contributed by atoms with van der Waals surface area (Å²) in [6.07, 6.45) is -0.262. The second-order valence-electron chi connectivity index (χ2n) is 11.1. The van der Waals surface area contributed by atoms with Crippen LogP contribution >= 0.6 is 11.3 Å². The fraction of sp³-hybridized carbons (Fsp3) is 0.303. The highest BCUT2D eigenvalue weighted by Gasteiger charge is 2.33. The van der Waals surface area contributed by atoms with Gasteiger partial charge < -0.3 is 14.7 Å². The molecule has 8 nitrogen and oxygen atoms in total. The molecule has 0 saturated carbocycles. The molecule has 0 bridgehead atoms. The van der Waals surface area contributed by atoms with Crippen LogP contribution in [0.2, 0.25) is 0 Å². The van der Waals surface area contributed by atoms with Crippen molar-refractivity contribution >= 4 is 33.0 Å². The summed E-state index contributed by atoms with van der Waals surface area (Å²) in [5.74, 6) is 0.0354. The Morgan fingerprint density at radius 3 is 2.44 bits per heavy atom. The molecule has 1 aliphatic rings. The molecule has 2 heterocycles. The Hall–Kier alpha value is -3.70. The molecule has 4 aromatic rings. The van der Waals surface area contributed by atoms with Crippen LogP contribution in [0.4, 0.5) is 5.69 Å². The van der Waals surface area contributed by atoms with Crippen molar-refractivity contribution in [2.75, 3.05) is 31.5 Å². The van der Waals surface area contributed by atoms with E-state index in [0.29, 0.717) is 25.4 Å². The highest BCUT2D eigenvalue weighted by molar-refractivity contribution is 7.94. The van der Waals surface area contributed by atoms with E-state index in [-0.39, 0.29) is 40.0 Å². The zero-order valence-corrected chi connectivity index (χ0v) is 26.1. The molecule has 5 rings (SSSR count). The Kier molecular flexibility index (Phi) is 9.51. The normalized spacial score (nSPS) is 18.0. The number of nitrogens with one attached hydrogen (secondary N) is 1. The molecule has 0 unspecified atom stereocenters. The third-order valence-electron chi connectivity index (χ3n) is 7.68. The van der Waals surface area contributed by atoms with E-state index in [1.807, 2.05) is 32.2 Å². The summed E-state index contributed by atoms with van der Waals surface area (Å²) in [4.78, 5) is 17.6. The quantitative estimate of drug-likeness (QED) is 0.241. The van der Waals surface area contributed by atoms with E-state index in [1.165, 1.54) is 28.8 Å². The summed E-state index contributed by atoms with van der Waals surface area (Å²) in [6.45, 7) is 5.36. The number of nitrogens with zero attached hydrogens (tertiary/aromatic N) is 2. The third kappa shape index (κ3) is 7.27. The average molecular weight is 620 g/mol. The Morgan fingerprint density at radius 2 is 1.77 bits per heavy atom. The van der Waals surface area contributed by atoms with Crippen molar-refractivity contribution in [2.24, 2.45) is 5.92 Å². The molecule has 0 fully saturated rings. The molecule has 2 N–H and O–H groups in total. The van der Waals surface area contributed by atoms with Gasteiger partial charge in [-0.05, 0) is 60.3 Å². The van der Waals surface area contributed by atoms with E-state index in [2.05, 4.69) is 46.0 Å². The van der Waals surface area contributed by atoms with Crippen molar-refractivity contribution in [3.8, 4) is 16.9 Å². The van der Waals surface area contributed by atoms with Gasteiger partial charge >= 0.3 is 0 Å². The number of thiophene rings is 1. The average Bonchev–Trinajstić information content (AvgIpc) is 3.56. The number of likely N-dealkylation sites (N-methyl/N-ethyl adjacent to an activating group) is 1. The lowest BCUT2D eigenvalue weighted by Crippen LogP contribution is -2.49. The minimum atomic E-state index is -3.79. The van der Waals surface area contributed by atoms with Crippen molar-refractivity contribution in [3.05, 3.63) is 101 Å². The molecular weight excluding hydrogens is 583 g/mol. The molecule has 1 aliphatic heterocycles. The maximum absolute atomic E-state index is 13.7. The van der Waals surface area contributed by atoms with Gasteiger partial charge in [0.05, 0.1) is 18.2 Å². The van der Waals surface area contributed by atoms with Gasteiger partial charge in [0.25, 0.3) is 15.9 Å². The van der Waals surface area contributed by atoms with Crippen LogP contribution in [0.5, 0.6) is 5.75 Å². The Morgan fingerprint density at radius 1 is 1.05 bits per heavy atom. The van der Waals surface area contributed by atoms with Crippen molar-refractivity contribution in [3.63, 3.8) is 0 Å². The highest BCUT2D eigenvalue weighted by Crippen LogP contribution is 2.32. The number of amides is 1. The summed E-state index contributed by atoms with van der Waals surface area (Å²) in [5.41, 5.74) is 4.04. The maximum atomic E-state index is 13.7. The smallest absolute Gasteiger partial charge is 0.271 e. The SMILES string of the molecule is C[C@@H]1CN([C@H](C)CO)C(=O)c2cc(NS(=O)(=O)c3cccs3)ccc2O[C@@H]1CN(C)Cc1ccc(-c2ccccc2)cc1. The number of hydrogen-bond donors (Lipinski definition) is 2. The molecule has 1 amide bonds. The highest BCUT2D eigenvalue weighted by atomic mass is 32.2. The Bertz CT molecular complexity index is 1630. The summed E-state index contributed by atoms with van der Waals surface area (Å²) in [6, 6.07) is 26.4. The predicted molar refractivity (Wildman–Crippen MR) is 171 cm³/mol. The molecular formula is C33H37N3O5S2. The van der Waals surface area contributed by atoms with Gasteiger partial charge in [-0.3, -0.25) is 14.4 Å². The number of aliphatic hydroxyl groups is 1. The minimum absolute atomic E-state index is 0.0361. The fourth-order valence-corrected chi connectivity index (χ4v) is 7.28. The number of carbonyl (C=O) groups excluding carboxylic acids is 1. The standard InChI is InChI=1S/C33H37N3O5S2/c1-23-19-36(24(2)22-37)33(38)29-18-28(34-43(39,40)32-10-7-17-42-32)15-16-30(29)41-31(23)21-35(3)20-25-11-13-27(14-12-25)26-8-5-4-6-9-26/h4-18,23-24,31,34,37H,19-22H2,1-3H3/t23-,24-,31-/m1/s1. The number of anilines is 1. The van der Waals surface area contributed by atoms with Crippen molar-refractivity contribution in [1.82, 2.24) is 9.80 Å². The summed E-state index contributed by atoms with van der Waals surface area (Å²) in [7, 11) is -1.75. The number of benzene rings is 3. The number of ether oxygens (including phenoxy) is 1. The van der Waals surface area contributed by atoms with Gasteiger partial charge in [-0.1, -0.05) is 67.6 Å². The summed E-state index contributed by atoms with van der Waals surface area (Å²) < 4.78 is 35.0. The van der Waals surface area contributed by atoms with E-state index in [9.17, 15) is 18.3 Å². The molecule has 3 aromatic carbocycles. The molecule has 0 aliphatic carbocycles.